The second-order valence-corrected chi connectivity index (χ2v) is 5.05. The van der Waals surface area contributed by atoms with Crippen molar-refractivity contribution in [1.29, 1.82) is 0 Å². The summed E-state index contributed by atoms with van der Waals surface area (Å²) in [6, 6.07) is 0.134. The smallest absolute Gasteiger partial charge is 0.166 e. The van der Waals surface area contributed by atoms with E-state index in [-0.39, 0.29) is 18.2 Å². The van der Waals surface area contributed by atoms with Crippen LogP contribution in [0.2, 0.25) is 0 Å². The molecule has 6 nitrogen and oxygen atoms in total. The quantitative estimate of drug-likeness (QED) is 0.296. The molecule has 0 aromatic heterocycles. The van der Waals surface area contributed by atoms with Crippen LogP contribution in [-0.4, -0.2) is 57.6 Å². The fourth-order valence-corrected chi connectivity index (χ4v) is 1.89. The van der Waals surface area contributed by atoms with E-state index in [0.717, 1.165) is 13.0 Å². The SMILES string of the molecule is CC(C)(O)O.OC1CCOC1C1CNC(=S)N1. The van der Waals surface area contributed by atoms with Crippen LogP contribution in [0, 0.1) is 0 Å². The van der Waals surface area contributed by atoms with Gasteiger partial charge in [-0.3, -0.25) is 0 Å². The van der Waals surface area contributed by atoms with Crippen LogP contribution in [0.25, 0.3) is 0 Å². The molecule has 100 valence electrons. The average molecular weight is 264 g/mol. The fraction of sp³-hybridized carbons (Fsp3) is 0.900. The minimum Gasteiger partial charge on any atom is -0.390 e. The maximum Gasteiger partial charge on any atom is 0.166 e. The summed E-state index contributed by atoms with van der Waals surface area (Å²) < 4.78 is 5.39. The zero-order chi connectivity index (χ0) is 13.1. The Bertz CT molecular complexity index is 264. The van der Waals surface area contributed by atoms with Gasteiger partial charge in [0.25, 0.3) is 0 Å². The summed E-state index contributed by atoms with van der Waals surface area (Å²) in [5.74, 6) is -1.50. The predicted octanol–water partition coefficient (Wildman–Crippen LogP) is -1.31. The summed E-state index contributed by atoms with van der Waals surface area (Å²) in [5.41, 5.74) is 0. The molecule has 2 saturated heterocycles. The van der Waals surface area contributed by atoms with Gasteiger partial charge in [-0.1, -0.05) is 0 Å². The Hall–Kier alpha value is -0.470. The standard InChI is InChI=1S/C7H12N2O2S.C3H8O2/c10-5-1-2-11-6(5)4-3-8-7(12)9-4;1-3(2,4)5/h4-6,10H,1-3H2,(H2,8,9,12);4-5H,1-2H3. The van der Waals surface area contributed by atoms with E-state index in [1.165, 1.54) is 13.8 Å². The molecule has 2 aliphatic rings. The Morgan fingerprint density at radius 3 is 2.35 bits per heavy atom. The molecule has 2 aliphatic heterocycles. The second-order valence-electron chi connectivity index (χ2n) is 4.65. The summed E-state index contributed by atoms with van der Waals surface area (Å²) in [7, 11) is 0. The normalized spacial score (nSPS) is 32.5. The van der Waals surface area contributed by atoms with E-state index in [1.807, 2.05) is 0 Å². The van der Waals surface area contributed by atoms with Crippen LogP contribution in [0.1, 0.15) is 20.3 Å². The van der Waals surface area contributed by atoms with E-state index < -0.39 is 5.79 Å². The Balaban J connectivity index is 0.000000249. The zero-order valence-corrected chi connectivity index (χ0v) is 10.8. The summed E-state index contributed by atoms with van der Waals surface area (Å²) in [5, 5.41) is 32.4. The Kier molecular flexibility index (Phi) is 5.08. The number of nitrogens with one attached hydrogen (secondary N) is 2. The average Bonchev–Trinajstić information content (AvgIpc) is 2.71. The molecule has 0 aliphatic carbocycles. The van der Waals surface area contributed by atoms with E-state index in [1.54, 1.807) is 0 Å². The van der Waals surface area contributed by atoms with Gasteiger partial charge in [0, 0.05) is 13.2 Å². The van der Waals surface area contributed by atoms with Gasteiger partial charge in [-0.2, -0.15) is 0 Å². The van der Waals surface area contributed by atoms with Crippen molar-refractivity contribution >= 4 is 17.3 Å². The lowest BCUT2D eigenvalue weighted by atomic mass is 10.1. The Morgan fingerprint density at radius 2 is 2.00 bits per heavy atom. The van der Waals surface area contributed by atoms with E-state index in [9.17, 15) is 5.11 Å². The van der Waals surface area contributed by atoms with Crippen LogP contribution in [0.3, 0.4) is 0 Å². The maximum atomic E-state index is 9.50. The molecule has 0 radical (unpaired) electrons. The van der Waals surface area contributed by atoms with E-state index in [4.69, 9.17) is 27.2 Å². The second kappa shape index (κ2) is 5.92. The van der Waals surface area contributed by atoms with Gasteiger partial charge in [0.15, 0.2) is 10.9 Å². The van der Waals surface area contributed by atoms with Crippen molar-refractivity contribution in [3.63, 3.8) is 0 Å². The van der Waals surface area contributed by atoms with E-state index >= 15 is 0 Å². The van der Waals surface area contributed by atoms with Gasteiger partial charge in [0.05, 0.1) is 12.1 Å². The van der Waals surface area contributed by atoms with Crippen molar-refractivity contribution in [1.82, 2.24) is 10.6 Å². The molecule has 2 heterocycles. The minimum atomic E-state index is -1.50. The molecule has 0 spiro atoms. The monoisotopic (exact) mass is 264 g/mol. The third kappa shape index (κ3) is 5.60. The fourth-order valence-electron chi connectivity index (χ4n) is 1.66. The lowest BCUT2D eigenvalue weighted by Gasteiger charge is -2.19. The minimum absolute atomic E-state index is 0.0991. The van der Waals surface area contributed by atoms with Crippen LogP contribution in [0.15, 0.2) is 0 Å². The van der Waals surface area contributed by atoms with Crippen LogP contribution in [0.4, 0.5) is 0 Å². The molecule has 0 aromatic rings. The highest BCUT2D eigenvalue weighted by molar-refractivity contribution is 7.80. The highest BCUT2D eigenvalue weighted by atomic mass is 32.1. The summed E-state index contributed by atoms with van der Waals surface area (Å²) in [4.78, 5) is 0. The first-order valence-corrected chi connectivity index (χ1v) is 5.97. The predicted molar refractivity (Wildman–Crippen MR) is 66.4 cm³/mol. The largest absolute Gasteiger partial charge is 0.390 e. The van der Waals surface area contributed by atoms with E-state index in [0.29, 0.717) is 11.7 Å². The number of ether oxygens (including phenoxy) is 1. The molecular weight excluding hydrogens is 244 g/mol. The number of aliphatic hydroxyl groups is 3. The van der Waals surface area contributed by atoms with Gasteiger partial charge in [0.1, 0.15) is 6.10 Å². The number of hydrogen-bond acceptors (Lipinski definition) is 5. The molecule has 7 heteroatoms. The van der Waals surface area contributed by atoms with Gasteiger partial charge >= 0.3 is 0 Å². The lowest BCUT2D eigenvalue weighted by Crippen LogP contribution is -2.43. The van der Waals surface area contributed by atoms with Crippen molar-refractivity contribution in [3.05, 3.63) is 0 Å². The van der Waals surface area contributed by atoms with Gasteiger partial charge < -0.3 is 30.7 Å². The van der Waals surface area contributed by atoms with Crippen molar-refractivity contribution in [2.24, 2.45) is 0 Å². The number of aliphatic hydroxyl groups excluding tert-OH is 1. The maximum absolute atomic E-state index is 9.50. The van der Waals surface area contributed by atoms with Crippen LogP contribution in [0.5, 0.6) is 0 Å². The molecule has 0 saturated carbocycles. The molecule has 0 aromatic carbocycles. The molecule has 0 bridgehead atoms. The first-order valence-electron chi connectivity index (χ1n) is 5.56. The molecule has 0 amide bonds. The topological polar surface area (TPSA) is 94.0 Å². The number of thiocarbonyl (C=S) groups is 1. The van der Waals surface area contributed by atoms with E-state index in [2.05, 4.69) is 10.6 Å². The highest BCUT2D eigenvalue weighted by Gasteiger charge is 2.36. The van der Waals surface area contributed by atoms with Crippen molar-refractivity contribution in [2.75, 3.05) is 13.2 Å². The van der Waals surface area contributed by atoms with Crippen LogP contribution in [-0.2, 0) is 4.74 Å². The molecule has 3 unspecified atom stereocenters. The number of hydrogen-bond donors (Lipinski definition) is 5. The van der Waals surface area contributed by atoms with Gasteiger partial charge in [-0.15, -0.1) is 0 Å². The van der Waals surface area contributed by atoms with Crippen LogP contribution < -0.4 is 10.6 Å². The summed E-state index contributed by atoms with van der Waals surface area (Å²) in [6.45, 7) is 4.00. The highest BCUT2D eigenvalue weighted by Crippen LogP contribution is 2.17. The number of rotatable bonds is 1. The third-order valence-corrected chi connectivity index (χ3v) is 2.56. The Labute approximate surface area is 106 Å². The lowest BCUT2D eigenvalue weighted by molar-refractivity contribution is -0.127. The van der Waals surface area contributed by atoms with Crippen LogP contribution >= 0.6 is 12.2 Å². The van der Waals surface area contributed by atoms with Gasteiger partial charge in [-0.05, 0) is 32.5 Å². The third-order valence-electron chi connectivity index (χ3n) is 2.30. The molecule has 3 atom stereocenters. The first kappa shape index (κ1) is 14.6. The molecule has 17 heavy (non-hydrogen) atoms. The first-order chi connectivity index (χ1) is 7.77. The molecule has 2 rings (SSSR count). The molecular formula is C10H20N2O4S. The molecule has 2 fully saturated rings. The van der Waals surface area contributed by atoms with Crippen molar-refractivity contribution in [3.8, 4) is 0 Å². The summed E-state index contributed by atoms with van der Waals surface area (Å²) >= 11 is 4.91. The van der Waals surface area contributed by atoms with Crippen molar-refractivity contribution < 1.29 is 20.1 Å². The Morgan fingerprint density at radius 1 is 1.41 bits per heavy atom. The van der Waals surface area contributed by atoms with Crippen molar-refractivity contribution in [2.45, 2.75) is 44.3 Å². The molecule has 5 N–H and O–H groups in total. The van der Waals surface area contributed by atoms with Gasteiger partial charge in [-0.25, -0.2) is 0 Å². The van der Waals surface area contributed by atoms with Gasteiger partial charge in [0.2, 0.25) is 0 Å². The zero-order valence-electron chi connectivity index (χ0n) is 10.0. The summed E-state index contributed by atoms with van der Waals surface area (Å²) in [6.07, 6.45) is 0.290.